The fraction of sp³-hybridized carbons (Fsp3) is 0.571. The highest BCUT2D eigenvalue weighted by atomic mass is 16.5. The molecule has 0 saturated carbocycles. The van der Waals surface area contributed by atoms with E-state index in [1.54, 1.807) is 11.2 Å². The number of nitrogens with zero attached hydrogens (tertiary/aromatic N) is 3. The van der Waals surface area contributed by atoms with Crippen LogP contribution in [-0.2, 0) is 27.3 Å². The fourth-order valence-corrected chi connectivity index (χ4v) is 4.29. The zero-order chi connectivity index (χ0) is 24.7. The first-order chi connectivity index (χ1) is 17.2. The summed E-state index contributed by atoms with van der Waals surface area (Å²) in [4.78, 5) is 32.5. The van der Waals surface area contributed by atoms with Gasteiger partial charge in [-0.3, -0.25) is 14.5 Å². The molecule has 0 spiro atoms. The first-order valence-corrected chi connectivity index (χ1v) is 13.1. The molecule has 2 heterocycles. The highest BCUT2D eigenvalue weighted by molar-refractivity contribution is 5.84. The SMILES string of the molecule is CCCCCCC(=O)N(CCN1CCOCC1)CC(=O)N(CCc1ccccc1)Cc1ccco1. The van der Waals surface area contributed by atoms with Gasteiger partial charge in [0.25, 0.3) is 0 Å². The number of hydrogen-bond acceptors (Lipinski definition) is 5. The van der Waals surface area contributed by atoms with E-state index in [0.29, 0.717) is 26.1 Å². The molecule has 0 radical (unpaired) electrons. The van der Waals surface area contributed by atoms with Crippen LogP contribution in [0.4, 0.5) is 0 Å². The standard InChI is InChI=1S/C28H41N3O4/c1-2-3-4-8-13-27(32)31(17-16-29-18-21-34-22-19-29)24-28(33)30(23-26-12-9-20-35-26)15-14-25-10-6-5-7-11-25/h5-7,9-12,20H,2-4,8,13-19,21-24H2,1H3. The van der Waals surface area contributed by atoms with Gasteiger partial charge in [-0.25, -0.2) is 0 Å². The van der Waals surface area contributed by atoms with Gasteiger partial charge in [0.1, 0.15) is 5.76 Å². The zero-order valence-electron chi connectivity index (χ0n) is 21.2. The number of unbranched alkanes of at least 4 members (excludes halogenated alkanes) is 3. The molecule has 7 nitrogen and oxygen atoms in total. The van der Waals surface area contributed by atoms with Crippen LogP contribution in [-0.4, -0.2) is 79.0 Å². The van der Waals surface area contributed by atoms with Crippen molar-refractivity contribution in [2.75, 3.05) is 52.5 Å². The van der Waals surface area contributed by atoms with Crippen LogP contribution in [0.5, 0.6) is 0 Å². The Morgan fingerprint density at radius 2 is 1.71 bits per heavy atom. The molecule has 1 aromatic carbocycles. The highest BCUT2D eigenvalue weighted by Crippen LogP contribution is 2.11. The zero-order valence-corrected chi connectivity index (χ0v) is 21.2. The van der Waals surface area contributed by atoms with Crippen LogP contribution in [0.1, 0.15) is 50.4 Å². The lowest BCUT2D eigenvalue weighted by atomic mass is 10.1. The van der Waals surface area contributed by atoms with Crippen LogP contribution in [0.15, 0.2) is 53.1 Å². The lowest BCUT2D eigenvalue weighted by Gasteiger charge is -2.31. The molecule has 3 rings (SSSR count). The van der Waals surface area contributed by atoms with Gasteiger partial charge in [-0.05, 0) is 30.5 Å². The molecule has 35 heavy (non-hydrogen) atoms. The maximum Gasteiger partial charge on any atom is 0.242 e. The number of carbonyl (C=O) groups is 2. The van der Waals surface area contributed by atoms with Crippen molar-refractivity contribution in [3.63, 3.8) is 0 Å². The molecule has 0 atom stereocenters. The Morgan fingerprint density at radius 3 is 2.43 bits per heavy atom. The predicted molar refractivity (Wildman–Crippen MR) is 137 cm³/mol. The fourth-order valence-electron chi connectivity index (χ4n) is 4.29. The van der Waals surface area contributed by atoms with Crippen molar-refractivity contribution in [1.82, 2.24) is 14.7 Å². The summed E-state index contributed by atoms with van der Waals surface area (Å²) in [7, 11) is 0. The molecule has 0 N–H and O–H groups in total. The minimum Gasteiger partial charge on any atom is -0.467 e. The van der Waals surface area contributed by atoms with Crippen molar-refractivity contribution in [2.24, 2.45) is 0 Å². The van der Waals surface area contributed by atoms with E-state index in [1.807, 2.05) is 35.2 Å². The Kier molecular flexibility index (Phi) is 11.8. The van der Waals surface area contributed by atoms with Gasteiger partial charge in [-0.2, -0.15) is 0 Å². The summed E-state index contributed by atoms with van der Waals surface area (Å²) in [6.45, 7) is 7.75. The van der Waals surface area contributed by atoms with Crippen LogP contribution >= 0.6 is 0 Å². The number of hydrogen-bond donors (Lipinski definition) is 0. The van der Waals surface area contributed by atoms with Crippen LogP contribution < -0.4 is 0 Å². The minimum absolute atomic E-state index is 0.0405. The number of morpholine rings is 1. The molecule has 1 aromatic heterocycles. The number of benzene rings is 1. The van der Waals surface area contributed by atoms with E-state index in [1.165, 1.54) is 5.56 Å². The van der Waals surface area contributed by atoms with E-state index >= 15 is 0 Å². The van der Waals surface area contributed by atoms with E-state index in [9.17, 15) is 9.59 Å². The summed E-state index contributed by atoms with van der Waals surface area (Å²) in [5.74, 6) is 0.780. The lowest BCUT2D eigenvalue weighted by Crippen LogP contribution is -2.47. The number of amides is 2. The molecule has 7 heteroatoms. The number of rotatable bonds is 15. The van der Waals surface area contributed by atoms with Gasteiger partial charge in [0.15, 0.2) is 0 Å². The molecule has 1 aliphatic heterocycles. The third-order valence-corrected chi connectivity index (χ3v) is 6.51. The second-order valence-electron chi connectivity index (χ2n) is 9.21. The molecular formula is C28H41N3O4. The first-order valence-electron chi connectivity index (χ1n) is 13.1. The molecule has 1 fully saturated rings. The van der Waals surface area contributed by atoms with E-state index in [4.69, 9.17) is 9.15 Å². The number of ether oxygens (including phenoxy) is 1. The average Bonchev–Trinajstić information content (AvgIpc) is 3.41. The van der Waals surface area contributed by atoms with Crippen molar-refractivity contribution in [1.29, 1.82) is 0 Å². The molecule has 1 saturated heterocycles. The van der Waals surface area contributed by atoms with Gasteiger partial charge in [-0.1, -0.05) is 56.5 Å². The van der Waals surface area contributed by atoms with Crippen molar-refractivity contribution in [2.45, 2.75) is 52.0 Å². The van der Waals surface area contributed by atoms with Crippen LogP contribution in [0.3, 0.4) is 0 Å². The van der Waals surface area contributed by atoms with Gasteiger partial charge < -0.3 is 19.0 Å². The van der Waals surface area contributed by atoms with E-state index in [0.717, 1.165) is 70.7 Å². The third-order valence-electron chi connectivity index (χ3n) is 6.51. The quantitative estimate of drug-likeness (QED) is 0.359. The number of furan rings is 1. The maximum absolute atomic E-state index is 13.5. The second kappa shape index (κ2) is 15.4. The smallest absolute Gasteiger partial charge is 0.242 e. The van der Waals surface area contributed by atoms with E-state index in [-0.39, 0.29) is 18.4 Å². The van der Waals surface area contributed by atoms with Crippen molar-refractivity contribution >= 4 is 11.8 Å². The van der Waals surface area contributed by atoms with Crippen LogP contribution in [0.2, 0.25) is 0 Å². The first kappa shape index (κ1) is 27.0. The van der Waals surface area contributed by atoms with E-state index in [2.05, 4.69) is 24.0 Å². The van der Waals surface area contributed by atoms with Crippen molar-refractivity contribution < 1.29 is 18.7 Å². The Balaban J connectivity index is 1.63. The number of carbonyl (C=O) groups excluding carboxylic acids is 2. The summed E-state index contributed by atoms with van der Waals surface area (Å²) in [6, 6.07) is 13.9. The Labute approximate surface area is 210 Å². The van der Waals surface area contributed by atoms with Crippen LogP contribution in [0.25, 0.3) is 0 Å². The highest BCUT2D eigenvalue weighted by Gasteiger charge is 2.23. The molecule has 0 bridgehead atoms. The molecule has 2 aromatic rings. The van der Waals surface area contributed by atoms with Gasteiger partial charge >= 0.3 is 0 Å². The maximum atomic E-state index is 13.5. The average molecular weight is 484 g/mol. The minimum atomic E-state index is -0.0405. The molecule has 1 aliphatic rings. The normalized spacial score (nSPS) is 14.1. The summed E-state index contributed by atoms with van der Waals surface area (Å²) in [5.41, 5.74) is 1.18. The van der Waals surface area contributed by atoms with Gasteiger partial charge in [0.2, 0.25) is 11.8 Å². The Morgan fingerprint density at radius 1 is 0.914 bits per heavy atom. The van der Waals surface area contributed by atoms with Gasteiger partial charge in [0.05, 0.1) is 32.6 Å². The third kappa shape index (κ3) is 9.86. The second-order valence-corrected chi connectivity index (χ2v) is 9.21. The topological polar surface area (TPSA) is 66.2 Å². The summed E-state index contributed by atoms with van der Waals surface area (Å²) in [6.07, 6.45) is 7.08. The van der Waals surface area contributed by atoms with Crippen molar-refractivity contribution in [3.05, 3.63) is 60.1 Å². The molecule has 0 aliphatic carbocycles. The summed E-state index contributed by atoms with van der Waals surface area (Å²) < 4.78 is 11.0. The van der Waals surface area contributed by atoms with Gasteiger partial charge in [0, 0.05) is 39.1 Å². The largest absolute Gasteiger partial charge is 0.467 e. The molecule has 2 amide bonds. The summed E-state index contributed by atoms with van der Waals surface area (Å²) >= 11 is 0. The Hall–Kier alpha value is -2.64. The monoisotopic (exact) mass is 483 g/mol. The van der Waals surface area contributed by atoms with Crippen molar-refractivity contribution in [3.8, 4) is 0 Å². The molecular weight excluding hydrogens is 442 g/mol. The Bertz CT molecular complexity index is 850. The summed E-state index contributed by atoms with van der Waals surface area (Å²) in [5, 5.41) is 0. The van der Waals surface area contributed by atoms with E-state index < -0.39 is 0 Å². The van der Waals surface area contributed by atoms with Crippen LogP contribution in [0, 0.1) is 0 Å². The van der Waals surface area contributed by atoms with Gasteiger partial charge in [-0.15, -0.1) is 0 Å². The molecule has 192 valence electrons. The molecule has 0 unspecified atom stereocenters. The predicted octanol–water partition coefficient (Wildman–Crippen LogP) is 3.98. The lowest BCUT2D eigenvalue weighted by molar-refractivity contribution is -0.141.